The molecule has 0 spiro atoms. The summed E-state index contributed by atoms with van der Waals surface area (Å²) in [6.07, 6.45) is 3.49. The van der Waals surface area contributed by atoms with Gasteiger partial charge in [0, 0.05) is 0 Å². The van der Waals surface area contributed by atoms with E-state index in [1.807, 2.05) is 6.92 Å². The zero-order valence-electron chi connectivity index (χ0n) is 8.08. The van der Waals surface area contributed by atoms with Crippen molar-refractivity contribution in [2.45, 2.75) is 38.6 Å². The average molecular weight is 197 g/mol. The molecule has 1 aromatic heterocycles. The van der Waals surface area contributed by atoms with Crippen LogP contribution in [0.5, 0.6) is 0 Å². The second-order valence-electron chi connectivity index (χ2n) is 3.98. The van der Waals surface area contributed by atoms with Crippen LogP contribution in [0.15, 0.2) is 0 Å². The number of hydrogen-bond acceptors (Lipinski definition) is 4. The van der Waals surface area contributed by atoms with Gasteiger partial charge in [-0.3, -0.25) is 0 Å². The maximum Gasteiger partial charge on any atom is 0.139 e. The number of aryl methyl sites for hydroxylation is 1. The van der Waals surface area contributed by atoms with Crippen molar-refractivity contribution in [3.05, 3.63) is 10.8 Å². The van der Waals surface area contributed by atoms with E-state index in [1.54, 1.807) is 0 Å². The van der Waals surface area contributed by atoms with Crippen molar-refractivity contribution < 1.29 is 0 Å². The molecule has 2 unspecified atom stereocenters. The van der Waals surface area contributed by atoms with Crippen LogP contribution in [-0.4, -0.2) is 9.36 Å². The van der Waals surface area contributed by atoms with Crippen LogP contribution in [0.25, 0.3) is 0 Å². The smallest absolute Gasteiger partial charge is 0.139 e. The summed E-state index contributed by atoms with van der Waals surface area (Å²) in [5.41, 5.74) is 6.16. The lowest BCUT2D eigenvalue weighted by molar-refractivity contribution is 0.347. The van der Waals surface area contributed by atoms with Crippen molar-refractivity contribution in [2.24, 2.45) is 11.7 Å². The molecule has 2 atom stereocenters. The molecular formula is C9H15N3S. The molecule has 1 heterocycles. The first kappa shape index (κ1) is 9.09. The molecular weight excluding hydrogens is 182 g/mol. The van der Waals surface area contributed by atoms with Crippen molar-refractivity contribution in [3.8, 4) is 0 Å². The van der Waals surface area contributed by atoms with Crippen LogP contribution in [0.3, 0.4) is 0 Å². The maximum atomic E-state index is 6.35. The van der Waals surface area contributed by atoms with Crippen LogP contribution in [0.1, 0.15) is 37.0 Å². The highest BCUT2D eigenvalue weighted by Crippen LogP contribution is 2.41. The van der Waals surface area contributed by atoms with Gasteiger partial charge in [-0.2, -0.15) is 4.37 Å². The highest BCUT2D eigenvalue weighted by atomic mass is 32.1. The predicted octanol–water partition coefficient (Wildman–Crippen LogP) is 1.82. The molecule has 1 aromatic rings. The van der Waals surface area contributed by atoms with Gasteiger partial charge in [0.15, 0.2) is 0 Å². The summed E-state index contributed by atoms with van der Waals surface area (Å²) in [7, 11) is 0. The fraction of sp³-hybridized carbons (Fsp3) is 0.778. The highest BCUT2D eigenvalue weighted by molar-refractivity contribution is 7.05. The monoisotopic (exact) mass is 197 g/mol. The van der Waals surface area contributed by atoms with Crippen LogP contribution in [0.4, 0.5) is 0 Å². The van der Waals surface area contributed by atoms with Crippen molar-refractivity contribution in [1.82, 2.24) is 9.36 Å². The van der Waals surface area contributed by atoms with E-state index in [9.17, 15) is 0 Å². The van der Waals surface area contributed by atoms with E-state index in [0.717, 1.165) is 17.3 Å². The number of nitrogens with zero attached hydrogens (tertiary/aromatic N) is 2. The van der Waals surface area contributed by atoms with Crippen LogP contribution in [-0.2, 0) is 5.54 Å². The van der Waals surface area contributed by atoms with Crippen LogP contribution < -0.4 is 5.73 Å². The largest absolute Gasteiger partial charge is 0.319 e. The highest BCUT2D eigenvalue weighted by Gasteiger charge is 2.40. The van der Waals surface area contributed by atoms with E-state index in [1.165, 1.54) is 24.4 Å². The molecule has 0 amide bonds. The minimum Gasteiger partial charge on any atom is -0.319 e. The number of hydrogen-bond donors (Lipinski definition) is 1. The number of aromatic nitrogens is 2. The average Bonchev–Trinajstić information content (AvgIpc) is 2.62. The summed E-state index contributed by atoms with van der Waals surface area (Å²) < 4.78 is 4.19. The Morgan fingerprint density at radius 2 is 2.38 bits per heavy atom. The molecule has 1 saturated carbocycles. The summed E-state index contributed by atoms with van der Waals surface area (Å²) in [5, 5.41) is 1.02. The van der Waals surface area contributed by atoms with Gasteiger partial charge in [-0.1, -0.05) is 13.3 Å². The Hall–Kier alpha value is -0.480. The standard InChI is InChI=1S/C9H15N3S/c1-6-4-3-5-9(6,10)8-11-7(2)12-13-8/h6H,3-5,10H2,1-2H3. The van der Waals surface area contributed by atoms with E-state index < -0.39 is 0 Å². The zero-order valence-corrected chi connectivity index (χ0v) is 8.90. The Bertz CT molecular complexity index is 310. The molecule has 3 nitrogen and oxygen atoms in total. The third-order valence-corrected chi connectivity index (χ3v) is 4.03. The van der Waals surface area contributed by atoms with E-state index in [4.69, 9.17) is 5.73 Å². The fourth-order valence-electron chi connectivity index (χ4n) is 2.01. The lowest BCUT2D eigenvalue weighted by atomic mass is 9.90. The van der Waals surface area contributed by atoms with E-state index in [2.05, 4.69) is 16.3 Å². The van der Waals surface area contributed by atoms with E-state index >= 15 is 0 Å². The first-order chi connectivity index (χ1) is 6.13. The van der Waals surface area contributed by atoms with Crippen LogP contribution >= 0.6 is 11.5 Å². The van der Waals surface area contributed by atoms with E-state index in [0.29, 0.717) is 5.92 Å². The van der Waals surface area contributed by atoms with Gasteiger partial charge in [-0.25, -0.2) is 4.98 Å². The van der Waals surface area contributed by atoms with Gasteiger partial charge in [0.05, 0.1) is 5.54 Å². The van der Waals surface area contributed by atoms with Gasteiger partial charge in [0.25, 0.3) is 0 Å². The molecule has 72 valence electrons. The third kappa shape index (κ3) is 1.38. The van der Waals surface area contributed by atoms with Crippen molar-refractivity contribution in [3.63, 3.8) is 0 Å². The molecule has 2 N–H and O–H groups in total. The molecule has 0 aromatic carbocycles. The lowest BCUT2D eigenvalue weighted by Gasteiger charge is -2.25. The maximum absolute atomic E-state index is 6.35. The quantitative estimate of drug-likeness (QED) is 0.747. The summed E-state index contributed by atoms with van der Waals surface area (Å²) in [6.45, 7) is 4.13. The Labute approximate surface area is 82.5 Å². The molecule has 0 radical (unpaired) electrons. The number of rotatable bonds is 1. The molecule has 0 saturated heterocycles. The fourth-order valence-corrected chi connectivity index (χ4v) is 2.91. The third-order valence-electron chi connectivity index (χ3n) is 3.03. The number of nitrogens with two attached hydrogens (primary N) is 1. The van der Waals surface area contributed by atoms with Crippen molar-refractivity contribution >= 4 is 11.5 Å². The second kappa shape index (κ2) is 3.03. The molecule has 0 bridgehead atoms. The molecule has 1 fully saturated rings. The Morgan fingerprint density at radius 3 is 2.85 bits per heavy atom. The first-order valence-corrected chi connectivity index (χ1v) is 5.50. The molecule has 13 heavy (non-hydrogen) atoms. The molecule has 4 heteroatoms. The van der Waals surface area contributed by atoms with E-state index in [-0.39, 0.29) is 5.54 Å². The first-order valence-electron chi connectivity index (χ1n) is 4.72. The van der Waals surface area contributed by atoms with Crippen molar-refractivity contribution in [1.29, 1.82) is 0 Å². The van der Waals surface area contributed by atoms with Gasteiger partial charge in [0.1, 0.15) is 10.8 Å². The second-order valence-corrected chi connectivity index (χ2v) is 4.73. The normalized spacial score (nSPS) is 33.9. The topological polar surface area (TPSA) is 51.8 Å². The van der Waals surface area contributed by atoms with Crippen LogP contribution in [0.2, 0.25) is 0 Å². The zero-order chi connectivity index (χ0) is 9.47. The molecule has 1 aliphatic carbocycles. The summed E-state index contributed by atoms with van der Waals surface area (Å²) >= 11 is 1.46. The van der Waals surface area contributed by atoms with Gasteiger partial charge in [-0.05, 0) is 37.2 Å². The summed E-state index contributed by atoms with van der Waals surface area (Å²) in [6, 6.07) is 0. The summed E-state index contributed by atoms with van der Waals surface area (Å²) in [4.78, 5) is 4.40. The van der Waals surface area contributed by atoms with Gasteiger partial charge in [-0.15, -0.1) is 0 Å². The minimum absolute atomic E-state index is 0.189. The van der Waals surface area contributed by atoms with Crippen LogP contribution in [0, 0.1) is 12.8 Å². The Balaban J connectivity index is 2.33. The predicted molar refractivity (Wildman–Crippen MR) is 53.5 cm³/mol. The molecule has 2 rings (SSSR count). The Kier molecular flexibility index (Phi) is 2.12. The Morgan fingerprint density at radius 1 is 1.62 bits per heavy atom. The SMILES string of the molecule is Cc1nsc(C2(N)CCCC2C)n1. The molecule has 1 aliphatic rings. The van der Waals surface area contributed by atoms with Gasteiger partial charge < -0.3 is 5.73 Å². The molecule has 0 aliphatic heterocycles. The summed E-state index contributed by atoms with van der Waals surface area (Å²) in [5.74, 6) is 1.39. The van der Waals surface area contributed by atoms with Gasteiger partial charge >= 0.3 is 0 Å². The van der Waals surface area contributed by atoms with Crippen molar-refractivity contribution in [2.75, 3.05) is 0 Å². The minimum atomic E-state index is -0.189. The lowest BCUT2D eigenvalue weighted by Crippen LogP contribution is -2.38. The van der Waals surface area contributed by atoms with Gasteiger partial charge in [0.2, 0.25) is 0 Å².